The number of rotatable bonds is 6. The minimum absolute atomic E-state index is 0.000931. The number of hydrogen-bond donors (Lipinski definition) is 1. The Morgan fingerprint density at radius 1 is 1.33 bits per heavy atom. The second kappa shape index (κ2) is 6.18. The van der Waals surface area contributed by atoms with Crippen molar-refractivity contribution in [3.8, 4) is 5.75 Å². The molecule has 1 saturated heterocycles. The third-order valence-corrected chi connectivity index (χ3v) is 3.25. The van der Waals surface area contributed by atoms with Crippen LogP contribution < -0.4 is 10.5 Å². The van der Waals surface area contributed by atoms with E-state index in [4.69, 9.17) is 19.9 Å². The predicted molar refractivity (Wildman–Crippen MR) is 69.7 cm³/mol. The minimum Gasteiger partial charge on any atom is -0.497 e. The van der Waals surface area contributed by atoms with E-state index in [9.17, 15) is 0 Å². The molecule has 0 saturated carbocycles. The summed E-state index contributed by atoms with van der Waals surface area (Å²) in [6.07, 6.45) is 0.981. The zero-order chi connectivity index (χ0) is 13.0. The van der Waals surface area contributed by atoms with Crippen LogP contribution in [0.2, 0.25) is 0 Å². The predicted octanol–water partition coefficient (Wildman–Crippen LogP) is 1.89. The van der Waals surface area contributed by atoms with E-state index in [0.29, 0.717) is 13.2 Å². The lowest BCUT2D eigenvalue weighted by atomic mass is 10.0. The first kappa shape index (κ1) is 13.3. The van der Waals surface area contributed by atoms with Crippen molar-refractivity contribution in [3.05, 3.63) is 29.8 Å². The Hall–Kier alpha value is -1.10. The Labute approximate surface area is 108 Å². The van der Waals surface area contributed by atoms with Crippen LogP contribution in [-0.4, -0.2) is 32.5 Å². The van der Waals surface area contributed by atoms with E-state index in [2.05, 4.69) is 6.92 Å². The van der Waals surface area contributed by atoms with Crippen molar-refractivity contribution in [1.29, 1.82) is 0 Å². The lowest BCUT2D eigenvalue weighted by Crippen LogP contribution is -2.41. The van der Waals surface area contributed by atoms with Gasteiger partial charge in [0.2, 0.25) is 0 Å². The van der Waals surface area contributed by atoms with Gasteiger partial charge in [0, 0.05) is 6.04 Å². The fraction of sp³-hybridized carbons (Fsp3) is 0.571. The molecule has 2 rings (SSSR count). The van der Waals surface area contributed by atoms with E-state index < -0.39 is 0 Å². The molecule has 1 aromatic carbocycles. The van der Waals surface area contributed by atoms with Gasteiger partial charge in [0.05, 0.1) is 26.4 Å². The Bertz CT molecular complexity index is 362. The van der Waals surface area contributed by atoms with Crippen molar-refractivity contribution in [3.63, 3.8) is 0 Å². The molecule has 0 bridgehead atoms. The average molecular weight is 251 g/mol. The topological polar surface area (TPSA) is 53.7 Å². The minimum atomic E-state index is -0.0743. The zero-order valence-corrected chi connectivity index (χ0v) is 11.0. The number of nitrogens with two attached hydrogens (primary N) is 1. The monoisotopic (exact) mass is 251 g/mol. The number of hydrogen-bond acceptors (Lipinski definition) is 4. The van der Waals surface area contributed by atoms with Crippen molar-refractivity contribution >= 4 is 0 Å². The molecule has 4 nitrogen and oxygen atoms in total. The van der Waals surface area contributed by atoms with Crippen molar-refractivity contribution in [2.45, 2.75) is 31.6 Å². The summed E-state index contributed by atoms with van der Waals surface area (Å²) in [7, 11) is 1.66. The van der Waals surface area contributed by atoms with Crippen LogP contribution in [0.25, 0.3) is 0 Å². The molecule has 2 atom stereocenters. The van der Waals surface area contributed by atoms with Gasteiger partial charge < -0.3 is 19.9 Å². The maximum Gasteiger partial charge on any atom is 0.118 e. The molecular formula is C14H21NO3. The Morgan fingerprint density at radius 2 is 2.00 bits per heavy atom. The molecule has 1 heterocycles. The van der Waals surface area contributed by atoms with Gasteiger partial charge in [-0.05, 0) is 24.1 Å². The largest absolute Gasteiger partial charge is 0.497 e. The van der Waals surface area contributed by atoms with E-state index in [1.807, 2.05) is 24.3 Å². The standard InChI is InChI=1S/C14H21NO3/c1-3-13(15)14(18-12-8-17-9-12)10-4-6-11(16-2)7-5-10/h4-7,12-14H,3,8-9,15H2,1-2H3. The van der Waals surface area contributed by atoms with Crippen molar-refractivity contribution < 1.29 is 14.2 Å². The van der Waals surface area contributed by atoms with Gasteiger partial charge in [-0.1, -0.05) is 19.1 Å². The summed E-state index contributed by atoms with van der Waals surface area (Å²) >= 11 is 0. The van der Waals surface area contributed by atoms with Crippen LogP contribution in [0.4, 0.5) is 0 Å². The van der Waals surface area contributed by atoms with E-state index in [0.717, 1.165) is 17.7 Å². The number of methoxy groups -OCH3 is 1. The summed E-state index contributed by atoms with van der Waals surface area (Å²) in [6.45, 7) is 3.41. The molecule has 1 aliphatic heterocycles. The smallest absolute Gasteiger partial charge is 0.118 e. The van der Waals surface area contributed by atoms with Gasteiger partial charge in [-0.15, -0.1) is 0 Å². The highest BCUT2D eigenvalue weighted by Gasteiger charge is 2.27. The van der Waals surface area contributed by atoms with Crippen LogP contribution in [0.1, 0.15) is 25.0 Å². The first-order chi connectivity index (χ1) is 8.74. The normalized spacial score (nSPS) is 19.1. The lowest BCUT2D eigenvalue weighted by molar-refractivity contribution is -0.160. The third-order valence-electron chi connectivity index (χ3n) is 3.25. The van der Waals surface area contributed by atoms with Crippen LogP contribution in [0.15, 0.2) is 24.3 Å². The summed E-state index contributed by atoms with van der Waals surface area (Å²) in [4.78, 5) is 0. The SMILES string of the molecule is CCC(N)C(OC1COC1)c1ccc(OC)cc1. The van der Waals surface area contributed by atoms with Crippen molar-refractivity contribution in [2.24, 2.45) is 5.73 Å². The Kier molecular flexibility index (Phi) is 4.58. The molecule has 1 aliphatic rings. The quantitative estimate of drug-likeness (QED) is 0.839. The highest BCUT2D eigenvalue weighted by atomic mass is 16.6. The summed E-state index contributed by atoms with van der Waals surface area (Å²) in [5, 5.41) is 0. The molecule has 100 valence electrons. The number of ether oxygens (including phenoxy) is 3. The van der Waals surface area contributed by atoms with Gasteiger partial charge >= 0.3 is 0 Å². The van der Waals surface area contributed by atoms with Gasteiger partial charge in [0.1, 0.15) is 11.9 Å². The fourth-order valence-corrected chi connectivity index (χ4v) is 1.93. The molecule has 1 fully saturated rings. The van der Waals surface area contributed by atoms with Gasteiger partial charge in [-0.25, -0.2) is 0 Å². The van der Waals surface area contributed by atoms with Crippen molar-refractivity contribution in [1.82, 2.24) is 0 Å². The molecule has 0 spiro atoms. The van der Waals surface area contributed by atoms with Crippen LogP contribution in [0.3, 0.4) is 0 Å². The first-order valence-electron chi connectivity index (χ1n) is 6.37. The molecule has 0 amide bonds. The molecule has 0 radical (unpaired) electrons. The summed E-state index contributed by atoms with van der Waals surface area (Å²) in [6, 6.07) is 7.90. The summed E-state index contributed by atoms with van der Waals surface area (Å²) in [5.41, 5.74) is 7.24. The van der Waals surface area contributed by atoms with Crippen LogP contribution in [0.5, 0.6) is 5.75 Å². The summed E-state index contributed by atoms with van der Waals surface area (Å²) in [5.74, 6) is 0.842. The molecule has 2 N–H and O–H groups in total. The fourth-order valence-electron chi connectivity index (χ4n) is 1.93. The van der Waals surface area contributed by atoms with E-state index >= 15 is 0 Å². The molecule has 0 aromatic heterocycles. The van der Waals surface area contributed by atoms with Crippen LogP contribution >= 0.6 is 0 Å². The molecule has 4 heteroatoms. The van der Waals surface area contributed by atoms with Crippen LogP contribution in [0, 0.1) is 0 Å². The zero-order valence-electron chi connectivity index (χ0n) is 11.0. The number of benzene rings is 1. The van der Waals surface area contributed by atoms with Gasteiger partial charge in [0.15, 0.2) is 0 Å². The average Bonchev–Trinajstić information content (AvgIpc) is 2.37. The van der Waals surface area contributed by atoms with E-state index in [1.54, 1.807) is 7.11 Å². The summed E-state index contributed by atoms with van der Waals surface area (Å²) < 4.78 is 16.3. The molecule has 18 heavy (non-hydrogen) atoms. The van der Waals surface area contributed by atoms with E-state index in [1.165, 1.54) is 0 Å². The third kappa shape index (κ3) is 3.02. The highest BCUT2D eigenvalue weighted by Crippen LogP contribution is 2.27. The van der Waals surface area contributed by atoms with Crippen molar-refractivity contribution in [2.75, 3.05) is 20.3 Å². The van der Waals surface area contributed by atoms with Gasteiger partial charge in [-0.3, -0.25) is 0 Å². The molecule has 2 unspecified atom stereocenters. The molecule has 0 aliphatic carbocycles. The van der Waals surface area contributed by atoms with E-state index in [-0.39, 0.29) is 18.2 Å². The Morgan fingerprint density at radius 3 is 2.44 bits per heavy atom. The van der Waals surface area contributed by atoms with Gasteiger partial charge in [0.25, 0.3) is 0 Å². The maximum absolute atomic E-state index is 6.15. The van der Waals surface area contributed by atoms with Crippen LogP contribution in [-0.2, 0) is 9.47 Å². The maximum atomic E-state index is 6.15. The highest BCUT2D eigenvalue weighted by molar-refractivity contribution is 5.29. The Balaban J connectivity index is 2.09. The molecular weight excluding hydrogens is 230 g/mol. The second-order valence-corrected chi connectivity index (χ2v) is 4.56. The second-order valence-electron chi connectivity index (χ2n) is 4.56. The lowest BCUT2D eigenvalue weighted by Gasteiger charge is -2.33. The first-order valence-corrected chi connectivity index (χ1v) is 6.37. The molecule has 1 aromatic rings. The van der Waals surface area contributed by atoms with Gasteiger partial charge in [-0.2, -0.15) is 0 Å².